The Morgan fingerprint density at radius 3 is 2.47 bits per heavy atom. The van der Waals surface area contributed by atoms with Gasteiger partial charge in [-0.15, -0.1) is 13.2 Å². The first-order chi connectivity index (χ1) is 16.2. The molecule has 0 spiro atoms. The van der Waals surface area contributed by atoms with Gasteiger partial charge in [0.05, 0.1) is 30.2 Å². The van der Waals surface area contributed by atoms with Crippen LogP contribution in [-0.2, 0) is 14.3 Å². The third kappa shape index (κ3) is 5.49. The minimum Gasteiger partial charge on any atom is -0.406 e. The molecule has 2 aromatic carbocycles. The first-order valence-electron chi connectivity index (χ1n) is 10.8. The molecule has 2 N–H and O–H groups in total. The number of nitrogens with zero attached hydrogens (tertiary/aromatic N) is 2. The molecule has 0 saturated carbocycles. The summed E-state index contributed by atoms with van der Waals surface area (Å²) in [6, 6.07) is 13.6. The third-order valence-electron chi connectivity index (χ3n) is 5.91. The fourth-order valence-corrected chi connectivity index (χ4v) is 4.33. The largest absolute Gasteiger partial charge is 0.573 e. The Labute approximate surface area is 194 Å². The molecule has 0 aromatic heterocycles. The van der Waals surface area contributed by atoms with Crippen LogP contribution in [0.15, 0.2) is 54.6 Å². The number of para-hydroxylation sites is 1. The minimum absolute atomic E-state index is 0.121. The number of carbonyl (C=O) groups excluding carboxylic acids is 2. The molecule has 2 aliphatic rings. The summed E-state index contributed by atoms with van der Waals surface area (Å²) >= 11 is 0. The van der Waals surface area contributed by atoms with E-state index >= 15 is 0 Å². The van der Waals surface area contributed by atoms with Crippen molar-refractivity contribution in [3.63, 3.8) is 0 Å². The zero-order valence-corrected chi connectivity index (χ0v) is 18.4. The zero-order chi connectivity index (χ0) is 24.3. The second-order valence-corrected chi connectivity index (χ2v) is 8.19. The lowest BCUT2D eigenvalue weighted by atomic mass is 9.84. The van der Waals surface area contributed by atoms with Crippen molar-refractivity contribution in [2.45, 2.75) is 12.4 Å². The molecule has 3 unspecified atom stereocenters. The highest BCUT2D eigenvalue weighted by Crippen LogP contribution is 2.32. The Morgan fingerprint density at radius 1 is 1.12 bits per heavy atom. The van der Waals surface area contributed by atoms with Crippen molar-refractivity contribution in [1.82, 2.24) is 10.3 Å². The van der Waals surface area contributed by atoms with E-state index in [4.69, 9.17) is 4.74 Å². The van der Waals surface area contributed by atoms with Crippen molar-refractivity contribution in [3.05, 3.63) is 54.6 Å². The average molecular weight is 478 g/mol. The molecular formula is C23H25F3N4O4. The molecule has 3 atom stereocenters. The zero-order valence-electron chi connectivity index (χ0n) is 18.4. The Hall–Kier alpha value is -3.15. The molecule has 2 amide bonds. The van der Waals surface area contributed by atoms with Gasteiger partial charge in [0, 0.05) is 32.4 Å². The molecule has 0 radical (unpaired) electrons. The van der Waals surface area contributed by atoms with Gasteiger partial charge in [-0.1, -0.05) is 18.2 Å². The van der Waals surface area contributed by atoms with Crippen molar-refractivity contribution < 1.29 is 32.2 Å². The normalized spacial score (nSPS) is 23.0. The molecule has 2 saturated heterocycles. The van der Waals surface area contributed by atoms with Crippen molar-refractivity contribution in [1.29, 1.82) is 0 Å². The van der Waals surface area contributed by atoms with E-state index in [-0.39, 0.29) is 17.6 Å². The number of fused-ring (bicyclic) bond motifs is 1. The average Bonchev–Trinajstić information content (AvgIpc) is 3.14. The van der Waals surface area contributed by atoms with Gasteiger partial charge >= 0.3 is 6.36 Å². The Balaban J connectivity index is 1.51. The summed E-state index contributed by atoms with van der Waals surface area (Å²) in [5, 5.41) is 4.24. The van der Waals surface area contributed by atoms with Crippen molar-refractivity contribution in [3.8, 4) is 5.75 Å². The molecule has 8 nitrogen and oxygen atoms in total. The fourth-order valence-electron chi connectivity index (χ4n) is 4.33. The van der Waals surface area contributed by atoms with Crippen LogP contribution in [0.5, 0.6) is 5.75 Å². The number of piperidine rings is 1. The minimum atomic E-state index is -4.79. The van der Waals surface area contributed by atoms with E-state index in [1.54, 1.807) is 7.11 Å². The molecule has 2 fully saturated rings. The lowest BCUT2D eigenvalue weighted by molar-refractivity contribution is -0.274. The van der Waals surface area contributed by atoms with Gasteiger partial charge in [0.2, 0.25) is 11.8 Å². The maximum Gasteiger partial charge on any atom is 0.573 e. The van der Waals surface area contributed by atoms with E-state index in [1.807, 2.05) is 35.2 Å². The number of nitrogens with one attached hydrogen (secondary N) is 2. The van der Waals surface area contributed by atoms with Crippen LogP contribution in [0.3, 0.4) is 0 Å². The highest BCUT2D eigenvalue weighted by molar-refractivity contribution is 6.00. The second-order valence-electron chi connectivity index (χ2n) is 8.19. The standard InChI is InChI=1S/C23H25F3N4O4/c1-33-12-11-29-13-18(21(31)27-15-7-9-17(10-8-15)34-23(24,25)26)20-19(14-29)22(32)30(28-20)16-5-3-2-4-6-16/h2-10,18-20,28H,11-14H2,1H3,(H,27,31). The Morgan fingerprint density at radius 2 is 1.82 bits per heavy atom. The Kier molecular flexibility index (Phi) is 7.05. The number of halogens is 3. The van der Waals surface area contributed by atoms with Crippen LogP contribution in [0, 0.1) is 11.8 Å². The van der Waals surface area contributed by atoms with Gasteiger partial charge in [-0.2, -0.15) is 0 Å². The highest BCUT2D eigenvalue weighted by atomic mass is 19.4. The summed E-state index contributed by atoms with van der Waals surface area (Å²) in [5.41, 5.74) is 4.22. The number of benzene rings is 2. The number of amides is 2. The fraction of sp³-hybridized carbons (Fsp3) is 0.391. The number of likely N-dealkylation sites (tertiary alicyclic amines) is 1. The molecule has 4 rings (SSSR count). The number of ether oxygens (including phenoxy) is 2. The number of carbonyl (C=O) groups is 2. The monoisotopic (exact) mass is 478 g/mol. The van der Waals surface area contributed by atoms with Gasteiger partial charge in [-0.05, 0) is 36.4 Å². The number of anilines is 2. The Bertz CT molecular complexity index is 1000. The summed E-state index contributed by atoms with van der Waals surface area (Å²) in [7, 11) is 1.59. The number of hydrogen-bond donors (Lipinski definition) is 2. The molecule has 34 heavy (non-hydrogen) atoms. The third-order valence-corrected chi connectivity index (χ3v) is 5.91. The molecular weight excluding hydrogens is 453 g/mol. The van der Waals surface area contributed by atoms with Crippen LogP contribution >= 0.6 is 0 Å². The van der Waals surface area contributed by atoms with Gasteiger partial charge in [0.15, 0.2) is 0 Å². The number of hydrogen-bond acceptors (Lipinski definition) is 6. The lowest BCUT2D eigenvalue weighted by Gasteiger charge is -2.38. The van der Waals surface area contributed by atoms with E-state index in [2.05, 4.69) is 15.5 Å². The van der Waals surface area contributed by atoms with Crippen molar-refractivity contribution in [2.75, 3.05) is 43.7 Å². The van der Waals surface area contributed by atoms with E-state index in [0.717, 1.165) is 12.1 Å². The van der Waals surface area contributed by atoms with Gasteiger partial charge in [-0.3, -0.25) is 14.5 Å². The summed E-state index contributed by atoms with van der Waals surface area (Å²) in [4.78, 5) is 28.5. The highest BCUT2D eigenvalue weighted by Gasteiger charge is 2.50. The van der Waals surface area contributed by atoms with E-state index in [0.29, 0.717) is 37.6 Å². The first-order valence-corrected chi connectivity index (χ1v) is 10.8. The van der Waals surface area contributed by atoms with Gasteiger partial charge in [0.1, 0.15) is 5.75 Å². The van der Waals surface area contributed by atoms with Crippen LogP contribution in [-0.4, -0.2) is 62.5 Å². The molecule has 2 heterocycles. The van der Waals surface area contributed by atoms with Gasteiger partial charge in [0.25, 0.3) is 0 Å². The van der Waals surface area contributed by atoms with Crippen LogP contribution in [0.2, 0.25) is 0 Å². The first kappa shape index (κ1) is 24.0. The van der Waals surface area contributed by atoms with Crippen LogP contribution < -0.4 is 20.5 Å². The molecule has 2 aromatic rings. The smallest absolute Gasteiger partial charge is 0.406 e. The van der Waals surface area contributed by atoms with E-state index in [9.17, 15) is 22.8 Å². The topological polar surface area (TPSA) is 83.1 Å². The molecule has 0 bridgehead atoms. The summed E-state index contributed by atoms with van der Waals surface area (Å²) in [5.74, 6) is -1.86. The predicted octanol–water partition coefficient (Wildman–Crippen LogP) is 2.64. The maximum atomic E-state index is 13.2. The van der Waals surface area contributed by atoms with Crippen LogP contribution in [0.25, 0.3) is 0 Å². The molecule has 2 aliphatic heterocycles. The SMILES string of the molecule is COCCN1CC(C(=O)Nc2ccc(OC(F)(F)F)cc2)C2NN(c3ccccc3)C(=O)C2C1. The van der Waals surface area contributed by atoms with Crippen LogP contribution in [0.1, 0.15) is 0 Å². The van der Waals surface area contributed by atoms with Gasteiger partial charge in [-0.25, -0.2) is 10.4 Å². The lowest BCUT2D eigenvalue weighted by Crippen LogP contribution is -2.56. The summed E-state index contributed by atoms with van der Waals surface area (Å²) in [6.45, 7) is 1.90. The molecule has 11 heteroatoms. The number of alkyl halides is 3. The summed E-state index contributed by atoms with van der Waals surface area (Å²) < 4.78 is 46.2. The van der Waals surface area contributed by atoms with E-state index < -0.39 is 24.2 Å². The van der Waals surface area contributed by atoms with Gasteiger partial charge < -0.3 is 14.8 Å². The predicted molar refractivity (Wildman–Crippen MR) is 118 cm³/mol. The van der Waals surface area contributed by atoms with E-state index in [1.165, 1.54) is 17.1 Å². The number of hydrazine groups is 1. The van der Waals surface area contributed by atoms with Crippen LogP contribution in [0.4, 0.5) is 24.5 Å². The number of methoxy groups -OCH3 is 1. The van der Waals surface area contributed by atoms with Crippen molar-refractivity contribution in [2.24, 2.45) is 11.8 Å². The quantitative estimate of drug-likeness (QED) is 0.637. The summed E-state index contributed by atoms with van der Waals surface area (Å²) in [6.07, 6.45) is -4.79. The molecule has 0 aliphatic carbocycles. The second kappa shape index (κ2) is 10.00. The number of rotatable bonds is 7. The van der Waals surface area contributed by atoms with Crippen molar-refractivity contribution >= 4 is 23.2 Å². The maximum absolute atomic E-state index is 13.2. The molecule has 182 valence electrons.